The van der Waals surface area contributed by atoms with E-state index >= 15 is 0 Å². The van der Waals surface area contributed by atoms with Gasteiger partial charge in [0.1, 0.15) is 13.2 Å². The van der Waals surface area contributed by atoms with E-state index in [1.165, 1.54) is 12.8 Å². The number of aromatic nitrogens is 1. The van der Waals surface area contributed by atoms with Crippen LogP contribution in [0, 0.1) is 0 Å². The topological polar surface area (TPSA) is 66.6 Å². The van der Waals surface area contributed by atoms with Crippen LogP contribution in [0.1, 0.15) is 51.0 Å². The molecule has 1 aliphatic carbocycles. The quantitative estimate of drug-likeness (QED) is 0.554. The van der Waals surface area contributed by atoms with Gasteiger partial charge in [-0.3, -0.25) is 4.79 Å². The second-order valence-corrected chi connectivity index (χ2v) is 8.25. The van der Waals surface area contributed by atoms with Crippen LogP contribution in [0.4, 0.5) is 0 Å². The van der Waals surface area contributed by atoms with Gasteiger partial charge in [0, 0.05) is 29.6 Å². The first-order valence-corrected chi connectivity index (χ1v) is 11.1. The lowest BCUT2D eigenvalue weighted by Crippen LogP contribution is -2.45. The maximum Gasteiger partial charge on any atom is 0.253 e. The third-order valence-electron chi connectivity index (χ3n) is 5.76. The molecular formula is C22H29N3O3S. The number of hydrogen-bond donors (Lipinski definition) is 2. The van der Waals surface area contributed by atoms with Crippen molar-refractivity contribution in [2.75, 3.05) is 19.8 Å². The number of hydrogen-bond acceptors (Lipinski definition) is 4. The van der Waals surface area contributed by atoms with E-state index in [4.69, 9.17) is 21.7 Å². The van der Waals surface area contributed by atoms with Crippen molar-refractivity contribution in [1.29, 1.82) is 0 Å². The van der Waals surface area contributed by atoms with Crippen molar-refractivity contribution in [2.45, 2.75) is 58.0 Å². The van der Waals surface area contributed by atoms with E-state index in [9.17, 15) is 4.79 Å². The first-order chi connectivity index (χ1) is 14.2. The molecular weight excluding hydrogens is 386 g/mol. The monoisotopic (exact) mass is 415 g/mol. The molecule has 1 aromatic carbocycles. The minimum atomic E-state index is -0.0754. The lowest BCUT2D eigenvalue weighted by molar-refractivity contribution is 0.172. The van der Waals surface area contributed by atoms with Crippen LogP contribution in [0.15, 0.2) is 23.0 Å². The van der Waals surface area contributed by atoms with E-state index in [2.05, 4.69) is 22.1 Å². The van der Waals surface area contributed by atoms with Gasteiger partial charge in [0.15, 0.2) is 16.6 Å². The molecule has 0 radical (unpaired) electrons. The Hall–Kier alpha value is -2.28. The Morgan fingerprint density at radius 3 is 2.66 bits per heavy atom. The number of fused-ring (bicyclic) bond motifs is 2. The maximum atomic E-state index is 12.8. The summed E-state index contributed by atoms with van der Waals surface area (Å²) >= 11 is 5.71. The van der Waals surface area contributed by atoms with E-state index < -0.39 is 0 Å². The van der Waals surface area contributed by atoms with Crippen LogP contribution >= 0.6 is 12.2 Å². The predicted molar refractivity (Wildman–Crippen MR) is 119 cm³/mol. The summed E-state index contributed by atoms with van der Waals surface area (Å²) in [4.78, 5) is 18.0. The maximum absolute atomic E-state index is 12.8. The molecule has 0 unspecified atom stereocenters. The Morgan fingerprint density at radius 2 is 1.93 bits per heavy atom. The molecule has 1 aromatic heterocycles. The van der Waals surface area contributed by atoms with Gasteiger partial charge in [-0.1, -0.05) is 26.2 Å². The molecule has 7 heteroatoms. The predicted octanol–water partition coefficient (Wildman–Crippen LogP) is 3.72. The summed E-state index contributed by atoms with van der Waals surface area (Å²) in [6.45, 7) is 4.63. The molecule has 0 spiro atoms. The number of ether oxygens (including phenoxy) is 2. The average molecular weight is 416 g/mol. The summed E-state index contributed by atoms with van der Waals surface area (Å²) in [5.74, 6) is 1.41. The van der Waals surface area contributed by atoms with E-state index in [-0.39, 0.29) is 5.56 Å². The minimum absolute atomic E-state index is 0.0754. The number of thiocarbonyl (C=S) groups is 1. The highest BCUT2D eigenvalue weighted by Crippen LogP contribution is 2.34. The van der Waals surface area contributed by atoms with Gasteiger partial charge in [-0.25, -0.2) is 0 Å². The van der Waals surface area contributed by atoms with Crippen molar-refractivity contribution in [3.05, 3.63) is 34.1 Å². The van der Waals surface area contributed by atoms with Crippen LogP contribution in [-0.2, 0) is 6.54 Å². The SMILES string of the molecule is CCCCNC(=S)N(Cc1cc2cc3c(cc2[nH]c1=O)OCCO3)C1CCCC1. The van der Waals surface area contributed by atoms with Crippen molar-refractivity contribution in [3.8, 4) is 11.5 Å². The van der Waals surface area contributed by atoms with Gasteiger partial charge in [0.05, 0.1) is 12.1 Å². The third-order valence-corrected chi connectivity index (χ3v) is 6.14. The molecule has 0 bridgehead atoms. The fourth-order valence-electron chi connectivity index (χ4n) is 4.15. The number of unbranched alkanes of at least 4 members (excludes halogenated alkanes) is 1. The van der Waals surface area contributed by atoms with Crippen LogP contribution in [0.2, 0.25) is 0 Å². The van der Waals surface area contributed by atoms with Gasteiger partial charge in [-0.2, -0.15) is 0 Å². The molecule has 29 heavy (non-hydrogen) atoms. The van der Waals surface area contributed by atoms with Gasteiger partial charge in [0.25, 0.3) is 5.56 Å². The lowest BCUT2D eigenvalue weighted by Gasteiger charge is -2.31. The average Bonchev–Trinajstić information content (AvgIpc) is 3.25. The number of nitrogens with one attached hydrogen (secondary N) is 2. The van der Waals surface area contributed by atoms with Gasteiger partial charge in [0.2, 0.25) is 0 Å². The molecule has 156 valence electrons. The molecule has 2 aliphatic rings. The molecule has 1 aliphatic heterocycles. The molecule has 2 N–H and O–H groups in total. The summed E-state index contributed by atoms with van der Waals surface area (Å²) in [6, 6.07) is 6.15. The van der Waals surface area contributed by atoms with Gasteiger partial charge >= 0.3 is 0 Å². The van der Waals surface area contributed by atoms with E-state index in [1.54, 1.807) is 0 Å². The molecule has 4 rings (SSSR count). The Balaban J connectivity index is 1.61. The second kappa shape index (κ2) is 9.03. The molecule has 2 heterocycles. The van der Waals surface area contributed by atoms with Crippen LogP contribution in [0.5, 0.6) is 11.5 Å². The third kappa shape index (κ3) is 4.50. The zero-order chi connectivity index (χ0) is 20.2. The van der Waals surface area contributed by atoms with Crippen LogP contribution in [-0.4, -0.2) is 40.8 Å². The number of rotatable bonds is 6. The number of H-pyrrole nitrogens is 1. The summed E-state index contributed by atoms with van der Waals surface area (Å²) in [5.41, 5.74) is 1.41. The first-order valence-electron chi connectivity index (χ1n) is 10.7. The highest BCUT2D eigenvalue weighted by Gasteiger charge is 2.25. The van der Waals surface area contributed by atoms with Crippen LogP contribution in [0.25, 0.3) is 10.9 Å². The van der Waals surface area contributed by atoms with Crippen molar-refractivity contribution in [1.82, 2.24) is 15.2 Å². The molecule has 6 nitrogen and oxygen atoms in total. The highest BCUT2D eigenvalue weighted by atomic mass is 32.1. The number of benzene rings is 1. The largest absolute Gasteiger partial charge is 0.486 e. The summed E-state index contributed by atoms with van der Waals surface area (Å²) in [7, 11) is 0. The van der Waals surface area contributed by atoms with Crippen molar-refractivity contribution >= 4 is 28.2 Å². The number of aromatic amines is 1. The molecule has 2 aromatic rings. The zero-order valence-corrected chi connectivity index (χ0v) is 17.8. The fourth-order valence-corrected chi connectivity index (χ4v) is 4.46. The van der Waals surface area contributed by atoms with Crippen LogP contribution in [0.3, 0.4) is 0 Å². The first kappa shape index (κ1) is 20.0. The molecule has 0 atom stereocenters. The molecule has 0 saturated heterocycles. The lowest BCUT2D eigenvalue weighted by atomic mass is 10.1. The van der Waals surface area contributed by atoms with E-state index in [0.717, 1.165) is 59.6 Å². The summed E-state index contributed by atoms with van der Waals surface area (Å²) in [6.07, 6.45) is 6.90. The van der Waals surface area contributed by atoms with E-state index in [0.29, 0.717) is 31.5 Å². The van der Waals surface area contributed by atoms with Crippen LogP contribution < -0.4 is 20.3 Å². The number of pyridine rings is 1. The fraction of sp³-hybridized carbons (Fsp3) is 0.545. The minimum Gasteiger partial charge on any atom is -0.486 e. The van der Waals surface area contributed by atoms with Gasteiger partial charge < -0.3 is 24.7 Å². The molecule has 1 fully saturated rings. The van der Waals surface area contributed by atoms with Gasteiger partial charge in [-0.05, 0) is 43.6 Å². The Kier molecular flexibility index (Phi) is 6.23. The Labute approximate surface area is 176 Å². The van der Waals surface area contributed by atoms with Crippen molar-refractivity contribution in [2.24, 2.45) is 0 Å². The van der Waals surface area contributed by atoms with Gasteiger partial charge in [-0.15, -0.1) is 0 Å². The summed E-state index contributed by atoms with van der Waals surface area (Å²) < 4.78 is 11.3. The van der Waals surface area contributed by atoms with Crippen molar-refractivity contribution < 1.29 is 9.47 Å². The Bertz CT molecular complexity index is 937. The Morgan fingerprint density at radius 1 is 1.21 bits per heavy atom. The van der Waals surface area contributed by atoms with E-state index in [1.807, 2.05) is 18.2 Å². The number of nitrogens with zero attached hydrogens (tertiary/aromatic N) is 1. The van der Waals surface area contributed by atoms with Crippen molar-refractivity contribution in [3.63, 3.8) is 0 Å². The zero-order valence-electron chi connectivity index (χ0n) is 17.0. The highest BCUT2D eigenvalue weighted by molar-refractivity contribution is 7.80. The second-order valence-electron chi connectivity index (χ2n) is 7.86. The normalized spacial score (nSPS) is 16.2. The molecule has 0 amide bonds. The molecule has 1 saturated carbocycles. The standard InChI is InChI=1S/C22H29N3O3S/c1-2-3-8-23-22(29)25(17-6-4-5-7-17)14-16-11-15-12-19-20(28-10-9-27-19)13-18(15)24-21(16)26/h11-13,17H,2-10,14H2,1H3,(H,23,29)(H,24,26). The smallest absolute Gasteiger partial charge is 0.253 e. The summed E-state index contributed by atoms with van der Waals surface area (Å²) in [5, 5.41) is 5.09.